The molecule has 0 aromatic heterocycles. The molecule has 0 aromatic carbocycles. The van der Waals surface area contributed by atoms with Crippen LogP contribution in [0.2, 0.25) is 0 Å². The van der Waals surface area contributed by atoms with Crippen molar-refractivity contribution in [3.8, 4) is 0 Å². The number of Topliss-reactive ketones (excluding diaryl/α,β-unsaturated/α-hetero) is 1. The third-order valence-corrected chi connectivity index (χ3v) is 12.5. The zero-order valence-electron chi connectivity index (χ0n) is 27.9. The number of aliphatic hydroxyl groups excluding tert-OH is 5. The topological polar surface area (TPSA) is 173 Å². The number of hydrogen-bond donors (Lipinski definition) is 5. The highest BCUT2D eigenvalue weighted by Crippen LogP contribution is 2.65. The first kappa shape index (κ1) is 34.0. The molecule has 2 bridgehead atoms. The van der Waals surface area contributed by atoms with E-state index < -0.39 is 71.8 Å². The number of nitrogens with zero attached hydrogens (tertiary/aromatic N) is 1. The number of epoxide rings is 2. The van der Waals surface area contributed by atoms with Gasteiger partial charge in [-0.2, -0.15) is 0 Å². The highest BCUT2D eigenvalue weighted by molar-refractivity contribution is 6.19. The van der Waals surface area contributed by atoms with Gasteiger partial charge < -0.3 is 39.8 Å². The van der Waals surface area contributed by atoms with E-state index in [1.165, 1.54) is 0 Å². The van der Waals surface area contributed by atoms with E-state index in [1.54, 1.807) is 26.8 Å². The quantitative estimate of drug-likeness (QED) is 0.173. The van der Waals surface area contributed by atoms with Crippen molar-refractivity contribution < 1.29 is 49.4 Å². The van der Waals surface area contributed by atoms with Crippen LogP contribution < -0.4 is 0 Å². The fourth-order valence-corrected chi connectivity index (χ4v) is 9.84. The van der Waals surface area contributed by atoms with Gasteiger partial charge in [-0.05, 0) is 81.6 Å². The number of hydroxylamine groups is 2. The molecule has 46 heavy (non-hydrogen) atoms. The second kappa shape index (κ2) is 12.5. The van der Waals surface area contributed by atoms with Gasteiger partial charge in [-0.3, -0.25) is 4.79 Å². The number of aliphatic hydroxyl groups is 5. The summed E-state index contributed by atoms with van der Waals surface area (Å²) < 4.78 is 12.8. The second-order valence-corrected chi connectivity index (χ2v) is 15.5. The zero-order valence-corrected chi connectivity index (χ0v) is 27.9. The number of ketones is 1. The van der Waals surface area contributed by atoms with Gasteiger partial charge in [0.2, 0.25) is 0 Å². The SMILES string of the molecule is CC=C(C)C(O)C(O)C1C(O)C(O)C(C)CCCCC2OC2(C)C2C3OC3C3CC(C)CC(C)C3C2C(O)=C2C(=O)CN1OC2=O. The first-order chi connectivity index (χ1) is 21.7. The number of ether oxygens (including phenoxy) is 2. The van der Waals surface area contributed by atoms with Gasteiger partial charge in [0, 0.05) is 11.8 Å². The largest absolute Gasteiger partial charge is 0.511 e. The average Bonchev–Trinajstić information content (AvgIpc) is 3.92. The third-order valence-electron chi connectivity index (χ3n) is 12.5. The smallest absolute Gasteiger partial charge is 0.364 e. The van der Waals surface area contributed by atoms with Crippen LogP contribution in [-0.2, 0) is 23.9 Å². The highest BCUT2D eigenvalue weighted by atomic mass is 16.7. The van der Waals surface area contributed by atoms with Crippen molar-refractivity contribution in [3.63, 3.8) is 0 Å². The lowest BCUT2D eigenvalue weighted by molar-refractivity contribution is -0.238. The highest BCUT2D eigenvalue weighted by Gasteiger charge is 2.73. The molecule has 17 atom stereocenters. The minimum absolute atomic E-state index is 0.0221. The molecule has 5 fully saturated rings. The molecule has 0 aromatic rings. The van der Waals surface area contributed by atoms with Gasteiger partial charge >= 0.3 is 5.97 Å². The molecule has 2 aliphatic carbocycles. The standard InChI is InChI=1S/C35H53NO10/c1-7-16(3)27(38)30(41)26-31(42)28(39)17(4)10-8-9-11-21-35(6,45-21)25-24(29(40)23-20(37)14-36(26)46-34(23)43)22-18(5)12-15(2)13-19(22)32-33(25)44-32/h7,15,17-19,21-22,24-28,30-33,38-42H,8-14H2,1-6H3. The molecule has 0 radical (unpaired) electrons. The summed E-state index contributed by atoms with van der Waals surface area (Å²) in [4.78, 5) is 33.4. The lowest BCUT2D eigenvalue weighted by Gasteiger charge is -2.49. The van der Waals surface area contributed by atoms with Gasteiger partial charge in [-0.1, -0.05) is 39.7 Å². The van der Waals surface area contributed by atoms with Gasteiger partial charge in [0.25, 0.3) is 0 Å². The van der Waals surface area contributed by atoms with Crippen LogP contribution in [0.1, 0.15) is 80.1 Å². The van der Waals surface area contributed by atoms with E-state index in [4.69, 9.17) is 14.3 Å². The van der Waals surface area contributed by atoms with Gasteiger partial charge in [0.05, 0.1) is 36.6 Å². The van der Waals surface area contributed by atoms with E-state index in [-0.39, 0.29) is 47.7 Å². The number of carbonyl (C=O) groups excluding carboxylic acids is 2. The number of hydrogen-bond acceptors (Lipinski definition) is 11. The van der Waals surface area contributed by atoms with Gasteiger partial charge in [0.15, 0.2) is 5.78 Å². The Bertz CT molecular complexity index is 1250. The van der Waals surface area contributed by atoms with Crippen molar-refractivity contribution in [2.45, 2.75) is 134 Å². The first-order valence-corrected chi connectivity index (χ1v) is 17.3. The molecule has 5 aliphatic heterocycles. The number of carbonyl (C=O) groups is 2. The molecule has 17 unspecified atom stereocenters. The second-order valence-electron chi connectivity index (χ2n) is 15.5. The molecule has 5 N–H and O–H groups in total. The Morgan fingerprint density at radius 3 is 2.39 bits per heavy atom. The van der Waals surface area contributed by atoms with Crippen LogP contribution in [0.3, 0.4) is 0 Å². The van der Waals surface area contributed by atoms with Crippen molar-refractivity contribution in [2.24, 2.45) is 41.4 Å². The molecule has 0 amide bonds. The van der Waals surface area contributed by atoms with Crippen LogP contribution in [0, 0.1) is 41.4 Å². The molecule has 5 heterocycles. The summed E-state index contributed by atoms with van der Waals surface area (Å²) in [5.41, 5.74) is -0.616. The van der Waals surface area contributed by atoms with E-state index in [0.717, 1.165) is 37.2 Å². The maximum absolute atomic E-state index is 13.9. The van der Waals surface area contributed by atoms with Crippen LogP contribution in [0.15, 0.2) is 23.0 Å². The summed E-state index contributed by atoms with van der Waals surface area (Å²) in [7, 11) is 0. The van der Waals surface area contributed by atoms with Crippen molar-refractivity contribution in [1.29, 1.82) is 0 Å². The molecule has 11 heteroatoms. The van der Waals surface area contributed by atoms with Crippen LogP contribution in [0.25, 0.3) is 0 Å². The molecule has 7 rings (SSSR count). The molecule has 7 aliphatic rings. The number of fused-ring (bicyclic) bond motifs is 12. The maximum atomic E-state index is 13.9. The van der Waals surface area contributed by atoms with Crippen LogP contribution in [0.5, 0.6) is 0 Å². The molecule has 2 saturated carbocycles. The third kappa shape index (κ3) is 5.67. The summed E-state index contributed by atoms with van der Waals surface area (Å²) in [6, 6.07) is -1.53. The minimum atomic E-state index is -1.71. The van der Waals surface area contributed by atoms with E-state index in [2.05, 4.69) is 20.8 Å². The summed E-state index contributed by atoms with van der Waals surface area (Å²) in [6.07, 6.45) is 0.0892. The molecular formula is C35H53NO10. The molecular weight excluding hydrogens is 594 g/mol. The summed E-state index contributed by atoms with van der Waals surface area (Å²) in [6.45, 7) is 11.0. The lowest BCUT2D eigenvalue weighted by Crippen LogP contribution is -2.62. The average molecular weight is 648 g/mol. The van der Waals surface area contributed by atoms with Crippen molar-refractivity contribution >= 4 is 11.8 Å². The number of rotatable bonds is 3. The monoisotopic (exact) mass is 647 g/mol. The van der Waals surface area contributed by atoms with E-state index in [0.29, 0.717) is 17.9 Å². The summed E-state index contributed by atoms with van der Waals surface area (Å²) in [5.74, 6) is -2.44. The minimum Gasteiger partial charge on any atom is -0.511 e. The van der Waals surface area contributed by atoms with E-state index in [9.17, 15) is 35.1 Å². The van der Waals surface area contributed by atoms with Gasteiger partial charge in [-0.15, -0.1) is 5.06 Å². The Hall–Kier alpha value is -1.86. The van der Waals surface area contributed by atoms with Crippen LogP contribution in [0.4, 0.5) is 0 Å². The lowest BCUT2D eigenvalue weighted by atomic mass is 9.53. The fourth-order valence-electron chi connectivity index (χ4n) is 9.84. The Balaban J connectivity index is 1.42. The number of allylic oxidation sites excluding steroid dienone is 2. The Morgan fingerprint density at radius 1 is 1.02 bits per heavy atom. The van der Waals surface area contributed by atoms with Gasteiger partial charge in [-0.25, -0.2) is 4.79 Å². The molecule has 3 saturated heterocycles. The fraction of sp³-hybridized carbons (Fsp3) is 0.829. The zero-order chi connectivity index (χ0) is 33.4. The van der Waals surface area contributed by atoms with E-state index >= 15 is 0 Å². The van der Waals surface area contributed by atoms with Crippen molar-refractivity contribution in [3.05, 3.63) is 23.0 Å². The Morgan fingerprint density at radius 2 is 1.72 bits per heavy atom. The van der Waals surface area contributed by atoms with Gasteiger partial charge in [0.1, 0.15) is 35.7 Å². The van der Waals surface area contributed by atoms with Crippen molar-refractivity contribution in [2.75, 3.05) is 6.54 Å². The van der Waals surface area contributed by atoms with Crippen LogP contribution in [-0.4, -0.2) is 103 Å². The Kier molecular flexibility index (Phi) is 9.28. The summed E-state index contributed by atoms with van der Waals surface area (Å²) in [5, 5.41) is 57.9. The summed E-state index contributed by atoms with van der Waals surface area (Å²) >= 11 is 0. The van der Waals surface area contributed by atoms with E-state index in [1.807, 2.05) is 0 Å². The molecule has 11 nitrogen and oxygen atoms in total. The first-order valence-electron chi connectivity index (χ1n) is 17.3. The predicted octanol–water partition coefficient (Wildman–Crippen LogP) is 2.60. The van der Waals surface area contributed by atoms with Crippen LogP contribution >= 0.6 is 0 Å². The maximum Gasteiger partial charge on any atom is 0.364 e. The molecule has 0 spiro atoms. The normalized spacial score (nSPS) is 49.5. The molecule has 258 valence electrons. The van der Waals surface area contributed by atoms with Crippen molar-refractivity contribution in [1.82, 2.24) is 5.06 Å². The Labute approximate surface area is 271 Å². The predicted molar refractivity (Wildman–Crippen MR) is 166 cm³/mol.